The summed E-state index contributed by atoms with van der Waals surface area (Å²) in [5, 5.41) is 3.42. The SMILES string of the molecule is CC1OC1N[C@H](C)C(C)(C)C. The summed E-state index contributed by atoms with van der Waals surface area (Å²) in [6.07, 6.45) is 0.726. The summed E-state index contributed by atoms with van der Waals surface area (Å²) < 4.78 is 5.27. The molecule has 1 N–H and O–H groups in total. The first-order valence-corrected chi connectivity index (χ1v) is 4.33. The number of nitrogens with one attached hydrogen (secondary N) is 1. The monoisotopic (exact) mass is 157 g/mol. The lowest BCUT2D eigenvalue weighted by Gasteiger charge is -2.27. The molecule has 2 heteroatoms. The number of ether oxygens (including phenoxy) is 1. The summed E-state index contributed by atoms with van der Waals surface area (Å²) in [6, 6.07) is 0.512. The summed E-state index contributed by atoms with van der Waals surface area (Å²) >= 11 is 0. The highest BCUT2D eigenvalue weighted by Gasteiger charge is 2.36. The van der Waals surface area contributed by atoms with Gasteiger partial charge in [0.2, 0.25) is 0 Å². The predicted octanol–water partition coefficient (Wildman–Crippen LogP) is 1.76. The Morgan fingerprint density at radius 1 is 1.36 bits per heavy atom. The van der Waals surface area contributed by atoms with Crippen LogP contribution in [0.1, 0.15) is 34.6 Å². The normalized spacial score (nSPS) is 33.5. The Morgan fingerprint density at radius 3 is 2.09 bits per heavy atom. The van der Waals surface area contributed by atoms with Gasteiger partial charge in [-0.1, -0.05) is 20.8 Å². The zero-order chi connectivity index (χ0) is 8.65. The van der Waals surface area contributed by atoms with Crippen LogP contribution in [0.5, 0.6) is 0 Å². The van der Waals surface area contributed by atoms with Gasteiger partial charge in [-0.3, -0.25) is 5.32 Å². The second-order valence-corrected chi connectivity index (χ2v) is 4.52. The highest BCUT2D eigenvalue weighted by atomic mass is 16.6. The molecule has 1 saturated heterocycles. The van der Waals surface area contributed by atoms with Crippen molar-refractivity contribution in [3.8, 4) is 0 Å². The maximum Gasteiger partial charge on any atom is 0.135 e. The van der Waals surface area contributed by atoms with E-state index in [0.29, 0.717) is 23.8 Å². The smallest absolute Gasteiger partial charge is 0.135 e. The molecular formula is C9H19NO. The standard InChI is InChI=1S/C9H19NO/c1-6-8(11-6)10-7(2)9(3,4)5/h6-8,10H,1-5H3/t6?,7-,8?/m1/s1. The molecular weight excluding hydrogens is 138 g/mol. The van der Waals surface area contributed by atoms with Crippen LogP contribution in [0, 0.1) is 5.41 Å². The van der Waals surface area contributed by atoms with Crippen LogP contribution in [0.15, 0.2) is 0 Å². The molecule has 1 aliphatic heterocycles. The van der Waals surface area contributed by atoms with E-state index in [9.17, 15) is 0 Å². The predicted molar refractivity (Wildman–Crippen MR) is 46.4 cm³/mol. The summed E-state index contributed by atoms with van der Waals surface area (Å²) in [6.45, 7) is 11.0. The van der Waals surface area contributed by atoms with Crippen LogP contribution in [-0.4, -0.2) is 18.4 Å². The summed E-state index contributed by atoms with van der Waals surface area (Å²) in [5.74, 6) is 0. The molecule has 0 aromatic rings. The molecule has 3 atom stereocenters. The Labute approximate surface area is 69.3 Å². The third kappa shape index (κ3) is 2.46. The van der Waals surface area contributed by atoms with Crippen LogP contribution in [-0.2, 0) is 4.74 Å². The van der Waals surface area contributed by atoms with Crippen molar-refractivity contribution < 1.29 is 4.74 Å². The minimum absolute atomic E-state index is 0.309. The van der Waals surface area contributed by atoms with Crippen molar-refractivity contribution in [3.63, 3.8) is 0 Å². The third-order valence-corrected chi connectivity index (χ3v) is 2.42. The summed E-state index contributed by atoms with van der Waals surface area (Å²) in [5.41, 5.74) is 0.325. The molecule has 2 nitrogen and oxygen atoms in total. The largest absolute Gasteiger partial charge is 0.354 e. The van der Waals surface area contributed by atoms with E-state index >= 15 is 0 Å². The molecule has 1 fully saturated rings. The average Bonchev–Trinajstić information content (AvgIpc) is 2.44. The van der Waals surface area contributed by atoms with Crippen molar-refractivity contribution in [2.45, 2.75) is 53.0 Å². The van der Waals surface area contributed by atoms with Crippen LogP contribution >= 0.6 is 0 Å². The lowest BCUT2D eigenvalue weighted by molar-refractivity contribution is 0.245. The van der Waals surface area contributed by atoms with E-state index in [1.807, 2.05) is 0 Å². The minimum atomic E-state index is 0.309. The summed E-state index contributed by atoms with van der Waals surface area (Å²) in [4.78, 5) is 0. The van der Waals surface area contributed by atoms with E-state index in [1.54, 1.807) is 0 Å². The summed E-state index contributed by atoms with van der Waals surface area (Å²) in [7, 11) is 0. The van der Waals surface area contributed by atoms with Gasteiger partial charge in [0.1, 0.15) is 6.23 Å². The van der Waals surface area contributed by atoms with E-state index in [-0.39, 0.29) is 0 Å². The number of epoxide rings is 1. The van der Waals surface area contributed by atoms with Gasteiger partial charge in [-0.05, 0) is 19.3 Å². The molecule has 0 bridgehead atoms. The van der Waals surface area contributed by atoms with Gasteiger partial charge in [0.05, 0.1) is 6.10 Å². The second-order valence-electron chi connectivity index (χ2n) is 4.52. The lowest BCUT2D eigenvalue weighted by atomic mass is 9.88. The fourth-order valence-electron chi connectivity index (χ4n) is 0.857. The van der Waals surface area contributed by atoms with Gasteiger partial charge >= 0.3 is 0 Å². The van der Waals surface area contributed by atoms with Gasteiger partial charge < -0.3 is 4.74 Å². The van der Waals surface area contributed by atoms with Crippen molar-refractivity contribution in [2.24, 2.45) is 5.41 Å². The molecule has 0 radical (unpaired) electrons. The number of hydrogen-bond acceptors (Lipinski definition) is 2. The first kappa shape index (κ1) is 9.01. The van der Waals surface area contributed by atoms with Crippen LogP contribution in [0.4, 0.5) is 0 Å². The topological polar surface area (TPSA) is 24.6 Å². The molecule has 66 valence electrons. The Hall–Kier alpha value is -0.0800. The maximum absolute atomic E-state index is 5.27. The fourth-order valence-corrected chi connectivity index (χ4v) is 0.857. The molecule has 2 unspecified atom stereocenters. The lowest BCUT2D eigenvalue weighted by Crippen LogP contribution is -2.39. The molecule has 0 aromatic heterocycles. The van der Waals surface area contributed by atoms with E-state index in [4.69, 9.17) is 4.74 Å². The van der Waals surface area contributed by atoms with Gasteiger partial charge in [0, 0.05) is 6.04 Å². The van der Waals surface area contributed by atoms with Crippen molar-refractivity contribution >= 4 is 0 Å². The van der Waals surface area contributed by atoms with Crippen molar-refractivity contribution in [3.05, 3.63) is 0 Å². The van der Waals surface area contributed by atoms with E-state index in [2.05, 4.69) is 39.9 Å². The Balaban J connectivity index is 2.26. The van der Waals surface area contributed by atoms with Crippen molar-refractivity contribution in [2.75, 3.05) is 0 Å². The van der Waals surface area contributed by atoms with Crippen LogP contribution < -0.4 is 5.32 Å². The second kappa shape index (κ2) is 2.76. The van der Waals surface area contributed by atoms with Crippen molar-refractivity contribution in [1.29, 1.82) is 0 Å². The molecule has 1 heterocycles. The quantitative estimate of drug-likeness (QED) is 0.618. The molecule has 1 rings (SSSR count). The van der Waals surface area contributed by atoms with Crippen LogP contribution in [0.3, 0.4) is 0 Å². The minimum Gasteiger partial charge on any atom is -0.354 e. The number of rotatable bonds is 2. The zero-order valence-corrected chi connectivity index (χ0v) is 8.14. The first-order valence-electron chi connectivity index (χ1n) is 4.33. The van der Waals surface area contributed by atoms with E-state index < -0.39 is 0 Å². The van der Waals surface area contributed by atoms with Crippen molar-refractivity contribution in [1.82, 2.24) is 5.32 Å². The van der Waals surface area contributed by atoms with Gasteiger partial charge in [0.25, 0.3) is 0 Å². The zero-order valence-electron chi connectivity index (χ0n) is 8.14. The van der Waals surface area contributed by atoms with Gasteiger partial charge in [0.15, 0.2) is 0 Å². The molecule has 0 spiro atoms. The molecule has 0 saturated carbocycles. The Morgan fingerprint density at radius 2 is 1.82 bits per heavy atom. The highest BCUT2D eigenvalue weighted by molar-refractivity contribution is 4.85. The maximum atomic E-state index is 5.27. The molecule has 1 aliphatic rings. The van der Waals surface area contributed by atoms with Gasteiger partial charge in [-0.2, -0.15) is 0 Å². The molecule has 0 amide bonds. The van der Waals surface area contributed by atoms with Crippen LogP contribution in [0.25, 0.3) is 0 Å². The van der Waals surface area contributed by atoms with E-state index in [0.717, 1.165) is 0 Å². The Bertz CT molecular complexity index is 139. The van der Waals surface area contributed by atoms with E-state index in [1.165, 1.54) is 0 Å². The number of hydrogen-bond donors (Lipinski definition) is 1. The fraction of sp³-hybridized carbons (Fsp3) is 1.00. The highest BCUT2D eigenvalue weighted by Crippen LogP contribution is 2.24. The molecule has 0 aliphatic carbocycles. The first-order chi connectivity index (χ1) is 4.91. The molecule has 0 aromatic carbocycles. The molecule has 11 heavy (non-hydrogen) atoms. The van der Waals surface area contributed by atoms with Gasteiger partial charge in [-0.25, -0.2) is 0 Å². The Kier molecular flexibility index (Phi) is 2.26. The van der Waals surface area contributed by atoms with Crippen LogP contribution in [0.2, 0.25) is 0 Å². The third-order valence-electron chi connectivity index (χ3n) is 2.42. The average molecular weight is 157 g/mol. The van der Waals surface area contributed by atoms with Gasteiger partial charge in [-0.15, -0.1) is 0 Å².